The van der Waals surface area contributed by atoms with Gasteiger partial charge in [-0.25, -0.2) is 0 Å². The monoisotopic (exact) mass is 295 g/mol. The van der Waals surface area contributed by atoms with Crippen LogP contribution >= 0.6 is 0 Å². The molecule has 21 heavy (non-hydrogen) atoms. The minimum absolute atomic E-state index is 0.0558. The van der Waals surface area contributed by atoms with E-state index in [1.54, 1.807) is 19.1 Å². The van der Waals surface area contributed by atoms with E-state index in [9.17, 15) is 14.9 Å². The van der Waals surface area contributed by atoms with Gasteiger partial charge in [-0.05, 0) is 32.9 Å². The predicted molar refractivity (Wildman–Crippen MR) is 80.3 cm³/mol. The van der Waals surface area contributed by atoms with E-state index in [2.05, 4.69) is 10.6 Å². The number of nitro groups is 1. The first-order valence-electron chi connectivity index (χ1n) is 6.73. The van der Waals surface area contributed by atoms with Crippen molar-refractivity contribution in [2.75, 3.05) is 25.0 Å². The zero-order valence-electron chi connectivity index (χ0n) is 12.5. The van der Waals surface area contributed by atoms with E-state index >= 15 is 0 Å². The predicted octanol–water partition coefficient (Wildman–Crippen LogP) is 1.94. The van der Waals surface area contributed by atoms with E-state index in [-0.39, 0.29) is 23.7 Å². The molecule has 0 aliphatic carbocycles. The van der Waals surface area contributed by atoms with Crippen LogP contribution in [0, 0.1) is 10.1 Å². The second-order valence-electron chi connectivity index (χ2n) is 5.20. The smallest absolute Gasteiger partial charge is 0.319 e. The van der Waals surface area contributed by atoms with Gasteiger partial charge in [0.1, 0.15) is 0 Å². The van der Waals surface area contributed by atoms with Gasteiger partial charge in [0.05, 0.1) is 18.1 Å². The average Bonchev–Trinajstić information content (AvgIpc) is 2.44. The Kier molecular flexibility index (Phi) is 6.10. The van der Waals surface area contributed by atoms with Gasteiger partial charge in [0.2, 0.25) is 0 Å². The van der Waals surface area contributed by atoms with Crippen molar-refractivity contribution in [3.05, 3.63) is 34.4 Å². The van der Waals surface area contributed by atoms with Crippen LogP contribution in [-0.2, 0) is 9.53 Å². The molecule has 0 aliphatic heterocycles. The van der Waals surface area contributed by atoms with E-state index in [0.29, 0.717) is 13.2 Å². The number of carbonyl (C=O) groups excluding carboxylic acids is 1. The lowest BCUT2D eigenvalue weighted by Gasteiger charge is -2.26. The van der Waals surface area contributed by atoms with Crippen molar-refractivity contribution in [2.45, 2.75) is 26.3 Å². The molecule has 0 bridgehead atoms. The quantitative estimate of drug-likeness (QED) is 0.432. The van der Waals surface area contributed by atoms with Crippen LogP contribution in [0.15, 0.2) is 24.3 Å². The van der Waals surface area contributed by atoms with Gasteiger partial charge in [0, 0.05) is 29.9 Å². The van der Waals surface area contributed by atoms with Crippen molar-refractivity contribution in [3.8, 4) is 0 Å². The number of ether oxygens (including phenoxy) is 1. The summed E-state index contributed by atoms with van der Waals surface area (Å²) in [5.41, 5.74) is 0.515. The maximum atomic E-state index is 11.3. The standard InChI is InChI=1S/C14H21N3O4/c1-4-21-13(18)9-16-14(2,3)10-15-11-5-7-12(8-6-11)17(19)20/h5-8,15-16H,4,9-10H2,1-3H3. The summed E-state index contributed by atoms with van der Waals surface area (Å²) < 4.78 is 4.85. The number of carbonyl (C=O) groups is 1. The highest BCUT2D eigenvalue weighted by Crippen LogP contribution is 2.16. The van der Waals surface area contributed by atoms with Gasteiger partial charge in [-0.2, -0.15) is 0 Å². The normalized spacial score (nSPS) is 11.0. The fraction of sp³-hybridized carbons (Fsp3) is 0.500. The molecular formula is C14H21N3O4. The molecule has 1 aromatic carbocycles. The lowest BCUT2D eigenvalue weighted by atomic mass is 10.1. The Morgan fingerprint density at radius 2 is 1.95 bits per heavy atom. The molecule has 0 saturated carbocycles. The number of esters is 1. The van der Waals surface area contributed by atoms with Crippen molar-refractivity contribution in [2.24, 2.45) is 0 Å². The molecule has 0 heterocycles. The molecule has 0 saturated heterocycles. The first-order valence-corrected chi connectivity index (χ1v) is 6.73. The fourth-order valence-corrected chi connectivity index (χ4v) is 1.61. The molecule has 1 rings (SSSR count). The van der Waals surface area contributed by atoms with Gasteiger partial charge in [0.25, 0.3) is 5.69 Å². The van der Waals surface area contributed by atoms with Gasteiger partial charge in [-0.1, -0.05) is 0 Å². The first-order chi connectivity index (χ1) is 9.84. The van der Waals surface area contributed by atoms with Crippen LogP contribution < -0.4 is 10.6 Å². The van der Waals surface area contributed by atoms with Crippen LogP contribution in [0.1, 0.15) is 20.8 Å². The highest BCUT2D eigenvalue weighted by atomic mass is 16.6. The second-order valence-corrected chi connectivity index (χ2v) is 5.20. The summed E-state index contributed by atoms with van der Waals surface area (Å²) in [6, 6.07) is 6.20. The van der Waals surface area contributed by atoms with Gasteiger partial charge in [-0.3, -0.25) is 14.9 Å². The molecule has 0 unspecified atom stereocenters. The van der Waals surface area contributed by atoms with Gasteiger partial charge >= 0.3 is 5.97 Å². The third-order valence-electron chi connectivity index (χ3n) is 2.83. The van der Waals surface area contributed by atoms with E-state index in [4.69, 9.17) is 4.74 Å². The molecule has 0 aromatic heterocycles. The molecule has 0 atom stereocenters. The zero-order valence-corrected chi connectivity index (χ0v) is 12.5. The number of anilines is 1. The minimum atomic E-state index is -0.436. The highest BCUT2D eigenvalue weighted by Gasteiger charge is 2.18. The highest BCUT2D eigenvalue weighted by molar-refractivity contribution is 5.71. The Bertz CT molecular complexity index is 485. The Morgan fingerprint density at radius 3 is 2.48 bits per heavy atom. The Labute approximate surface area is 123 Å². The van der Waals surface area contributed by atoms with Crippen molar-refractivity contribution in [1.29, 1.82) is 0 Å². The molecular weight excluding hydrogens is 274 g/mol. The zero-order chi connectivity index (χ0) is 15.9. The van der Waals surface area contributed by atoms with Crippen LogP contribution in [0.3, 0.4) is 0 Å². The van der Waals surface area contributed by atoms with Crippen molar-refractivity contribution >= 4 is 17.3 Å². The summed E-state index contributed by atoms with van der Waals surface area (Å²) in [6.45, 7) is 6.73. The molecule has 7 heteroatoms. The summed E-state index contributed by atoms with van der Waals surface area (Å²) in [7, 11) is 0. The van der Waals surface area contributed by atoms with E-state index in [1.807, 2.05) is 13.8 Å². The maximum Gasteiger partial charge on any atom is 0.319 e. The number of benzene rings is 1. The number of nitro benzene ring substituents is 1. The molecule has 2 N–H and O–H groups in total. The SMILES string of the molecule is CCOC(=O)CNC(C)(C)CNc1ccc([N+](=O)[O-])cc1. The Morgan fingerprint density at radius 1 is 1.33 bits per heavy atom. The number of hydrogen-bond donors (Lipinski definition) is 2. The van der Waals surface area contributed by atoms with Crippen molar-refractivity contribution in [1.82, 2.24) is 5.32 Å². The summed E-state index contributed by atoms with van der Waals surface area (Å²) >= 11 is 0. The van der Waals surface area contributed by atoms with Crippen molar-refractivity contribution < 1.29 is 14.5 Å². The topological polar surface area (TPSA) is 93.5 Å². The lowest BCUT2D eigenvalue weighted by Crippen LogP contribution is -2.47. The maximum absolute atomic E-state index is 11.3. The van der Waals surface area contributed by atoms with Gasteiger partial charge < -0.3 is 15.4 Å². The fourth-order valence-electron chi connectivity index (χ4n) is 1.61. The minimum Gasteiger partial charge on any atom is -0.465 e. The second kappa shape index (κ2) is 7.58. The molecule has 0 aliphatic rings. The molecule has 0 radical (unpaired) electrons. The van der Waals surface area contributed by atoms with Crippen LogP contribution in [0.2, 0.25) is 0 Å². The number of hydrogen-bond acceptors (Lipinski definition) is 6. The van der Waals surface area contributed by atoms with Gasteiger partial charge in [-0.15, -0.1) is 0 Å². The largest absolute Gasteiger partial charge is 0.465 e. The summed E-state index contributed by atoms with van der Waals surface area (Å²) in [4.78, 5) is 21.4. The first kappa shape index (κ1) is 16.9. The van der Waals surface area contributed by atoms with E-state index in [1.165, 1.54) is 12.1 Å². The van der Waals surface area contributed by atoms with Gasteiger partial charge in [0.15, 0.2) is 0 Å². The third kappa shape index (κ3) is 6.22. The Balaban J connectivity index is 2.45. The van der Waals surface area contributed by atoms with Crippen LogP contribution in [0.4, 0.5) is 11.4 Å². The third-order valence-corrected chi connectivity index (χ3v) is 2.83. The van der Waals surface area contributed by atoms with E-state index in [0.717, 1.165) is 5.69 Å². The average molecular weight is 295 g/mol. The Hall–Kier alpha value is -2.15. The molecule has 7 nitrogen and oxygen atoms in total. The summed E-state index contributed by atoms with van der Waals surface area (Å²) in [6.07, 6.45) is 0. The number of nitrogens with zero attached hydrogens (tertiary/aromatic N) is 1. The molecule has 0 amide bonds. The number of non-ortho nitro benzene ring substituents is 1. The lowest BCUT2D eigenvalue weighted by molar-refractivity contribution is -0.384. The molecule has 0 spiro atoms. The van der Waals surface area contributed by atoms with E-state index < -0.39 is 4.92 Å². The number of rotatable bonds is 8. The van der Waals surface area contributed by atoms with Crippen LogP contribution in [0.5, 0.6) is 0 Å². The summed E-state index contributed by atoms with van der Waals surface area (Å²) in [5, 5.41) is 16.8. The summed E-state index contributed by atoms with van der Waals surface area (Å²) in [5.74, 6) is -0.291. The van der Waals surface area contributed by atoms with Crippen molar-refractivity contribution in [3.63, 3.8) is 0 Å². The molecule has 1 aromatic rings. The number of nitrogens with one attached hydrogen (secondary N) is 2. The molecule has 116 valence electrons. The van der Waals surface area contributed by atoms with Crippen LogP contribution in [-0.4, -0.2) is 36.1 Å². The molecule has 0 fully saturated rings. The van der Waals surface area contributed by atoms with Crippen LogP contribution in [0.25, 0.3) is 0 Å².